The normalized spacial score (nSPS) is 12.5. The molecule has 0 saturated heterocycles. The molecular formula is C48H27N5. The second-order valence-electron chi connectivity index (χ2n) is 14.2. The third-order valence-corrected chi connectivity index (χ3v) is 11.6. The molecule has 13 rings (SSSR count). The van der Waals surface area contributed by atoms with Crippen LogP contribution in [0.5, 0.6) is 0 Å². The molecule has 0 N–H and O–H groups in total. The molecule has 0 saturated carbocycles. The average molecular weight is 674 g/mol. The number of hydrogen-bond donors (Lipinski definition) is 0. The fraction of sp³-hybridized carbons (Fsp3) is 0. The monoisotopic (exact) mass is 673 g/mol. The minimum Gasteiger partial charge on any atom is -0.308 e. The van der Waals surface area contributed by atoms with Crippen molar-refractivity contribution in [2.45, 2.75) is 0 Å². The lowest BCUT2D eigenvalue weighted by atomic mass is 10.0. The van der Waals surface area contributed by atoms with Crippen molar-refractivity contribution < 1.29 is 0 Å². The van der Waals surface area contributed by atoms with Gasteiger partial charge in [-0.1, -0.05) is 133 Å². The molecule has 13 aromatic rings. The Labute approximate surface area is 301 Å². The Kier molecular flexibility index (Phi) is 5.06. The summed E-state index contributed by atoms with van der Waals surface area (Å²) in [6.45, 7) is 0. The van der Waals surface area contributed by atoms with Gasteiger partial charge in [0.15, 0.2) is 11.6 Å². The summed E-state index contributed by atoms with van der Waals surface area (Å²) >= 11 is 0. The van der Waals surface area contributed by atoms with E-state index >= 15 is 0 Å². The van der Waals surface area contributed by atoms with Gasteiger partial charge in [0, 0.05) is 59.2 Å². The molecule has 0 unspecified atom stereocenters. The second-order valence-corrected chi connectivity index (χ2v) is 14.2. The van der Waals surface area contributed by atoms with Crippen molar-refractivity contribution in [3.8, 4) is 11.6 Å². The quantitative estimate of drug-likeness (QED) is 0.183. The molecule has 0 atom stereocenters. The first-order chi connectivity index (χ1) is 26.3. The lowest BCUT2D eigenvalue weighted by molar-refractivity contribution is 0.930. The highest BCUT2D eigenvalue weighted by atomic mass is 15.3. The molecule has 5 aromatic heterocycles. The summed E-state index contributed by atoms with van der Waals surface area (Å²) in [6.07, 6.45) is 0. The van der Waals surface area contributed by atoms with Crippen molar-refractivity contribution in [1.29, 1.82) is 0 Å². The Morgan fingerprint density at radius 1 is 0.302 bits per heavy atom. The molecule has 0 bridgehead atoms. The fourth-order valence-electron chi connectivity index (χ4n) is 9.55. The largest absolute Gasteiger partial charge is 0.308 e. The number of fused-ring (bicyclic) bond motifs is 16. The van der Waals surface area contributed by atoms with Crippen molar-refractivity contribution in [2.75, 3.05) is 0 Å². The van der Waals surface area contributed by atoms with E-state index in [1.807, 2.05) is 0 Å². The van der Waals surface area contributed by atoms with Crippen molar-refractivity contribution >= 4 is 103 Å². The Hall–Kier alpha value is -7.24. The second kappa shape index (κ2) is 9.75. The van der Waals surface area contributed by atoms with Crippen molar-refractivity contribution in [3.05, 3.63) is 164 Å². The van der Waals surface area contributed by atoms with Crippen LogP contribution in [0.4, 0.5) is 0 Å². The molecule has 0 fully saturated rings. The van der Waals surface area contributed by atoms with Crippen LogP contribution in [0.2, 0.25) is 0 Å². The van der Waals surface area contributed by atoms with E-state index in [2.05, 4.69) is 177 Å². The molecule has 8 aromatic carbocycles. The zero-order valence-corrected chi connectivity index (χ0v) is 28.3. The molecule has 0 spiro atoms. The summed E-state index contributed by atoms with van der Waals surface area (Å²) in [5.74, 6) is 1.65. The van der Waals surface area contributed by atoms with Gasteiger partial charge in [-0.25, -0.2) is 0 Å². The van der Waals surface area contributed by atoms with Crippen LogP contribution in [0, 0.1) is 0 Å². The summed E-state index contributed by atoms with van der Waals surface area (Å²) in [7, 11) is 0. The van der Waals surface area contributed by atoms with Crippen LogP contribution >= 0.6 is 0 Å². The van der Waals surface area contributed by atoms with Crippen LogP contribution in [-0.4, -0.2) is 23.7 Å². The molecule has 244 valence electrons. The highest BCUT2D eigenvalue weighted by Gasteiger charge is 2.26. The Bertz CT molecular complexity index is 3640. The van der Waals surface area contributed by atoms with Gasteiger partial charge < -0.3 is 4.40 Å². The SMILES string of the molecule is c1ccc2c(c1)ccc1c3c4c5ccccc5n5c6ccccc6c(cc3n(-c3nnc(-n6c7ccccc7c7ccccc76)c6ccccc36)c21)c45. The molecule has 0 aliphatic carbocycles. The van der Waals surface area contributed by atoms with Gasteiger partial charge in [0.05, 0.1) is 38.6 Å². The van der Waals surface area contributed by atoms with Crippen molar-refractivity contribution in [1.82, 2.24) is 23.7 Å². The molecule has 0 aliphatic heterocycles. The van der Waals surface area contributed by atoms with Gasteiger partial charge >= 0.3 is 0 Å². The Morgan fingerprint density at radius 2 is 0.792 bits per heavy atom. The fourth-order valence-corrected chi connectivity index (χ4v) is 9.55. The summed E-state index contributed by atoms with van der Waals surface area (Å²) < 4.78 is 7.15. The van der Waals surface area contributed by atoms with Crippen molar-refractivity contribution in [3.63, 3.8) is 0 Å². The summed E-state index contributed by atoms with van der Waals surface area (Å²) in [4.78, 5) is 0. The molecule has 0 radical (unpaired) electrons. The van der Waals surface area contributed by atoms with Gasteiger partial charge in [0.2, 0.25) is 0 Å². The van der Waals surface area contributed by atoms with Gasteiger partial charge in [-0.15, -0.1) is 10.2 Å². The topological polar surface area (TPSA) is 40.1 Å². The first-order valence-corrected chi connectivity index (χ1v) is 18.1. The number of nitrogens with zero attached hydrogens (tertiary/aromatic N) is 5. The number of rotatable bonds is 2. The molecule has 5 heteroatoms. The molecule has 53 heavy (non-hydrogen) atoms. The zero-order valence-electron chi connectivity index (χ0n) is 28.3. The highest BCUT2D eigenvalue weighted by molar-refractivity contribution is 6.37. The van der Waals surface area contributed by atoms with Gasteiger partial charge in [-0.3, -0.25) is 9.13 Å². The first kappa shape index (κ1) is 27.5. The maximum atomic E-state index is 5.26. The molecule has 5 heterocycles. The smallest absolute Gasteiger partial charge is 0.168 e. The van der Waals surface area contributed by atoms with Crippen LogP contribution in [0.3, 0.4) is 0 Å². The Balaban J connectivity index is 1.25. The van der Waals surface area contributed by atoms with E-state index < -0.39 is 0 Å². The van der Waals surface area contributed by atoms with Gasteiger partial charge in [0.25, 0.3) is 0 Å². The van der Waals surface area contributed by atoms with Crippen molar-refractivity contribution in [2.24, 2.45) is 0 Å². The lowest BCUT2D eigenvalue weighted by Gasteiger charge is -2.15. The minimum atomic E-state index is 0.822. The van der Waals surface area contributed by atoms with E-state index in [0.29, 0.717) is 0 Å². The van der Waals surface area contributed by atoms with E-state index in [0.717, 1.165) is 44.5 Å². The van der Waals surface area contributed by atoms with Crippen LogP contribution in [0.1, 0.15) is 0 Å². The van der Waals surface area contributed by atoms with E-state index in [-0.39, 0.29) is 0 Å². The van der Waals surface area contributed by atoms with E-state index in [4.69, 9.17) is 10.2 Å². The molecular weight excluding hydrogens is 647 g/mol. The summed E-state index contributed by atoms with van der Waals surface area (Å²) in [6, 6.07) is 59.2. The molecule has 0 aliphatic rings. The van der Waals surface area contributed by atoms with E-state index in [1.54, 1.807) is 0 Å². The van der Waals surface area contributed by atoms with Gasteiger partial charge in [-0.05, 0) is 35.7 Å². The minimum absolute atomic E-state index is 0.822. The first-order valence-electron chi connectivity index (χ1n) is 18.1. The van der Waals surface area contributed by atoms with E-state index in [1.165, 1.54) is 70.4 Å². The predicted octanol–water partition coefficient (Wildman–Crippen LogP) is 12.1. The zero-order chi connectivity index (χ0) is 34.4. The van der Waals surface area contributed by atoms with Crippen LogP contribution in [-0.2, 0) is 0 Å². The van der Waals surface area contributed by atoms with Gasteiger partial charge in [0.1, 0.15) is 0 Å². The number of aromatic nitrogens is 5. The predicted molar refractivity (Wildman–Crippen MR) is 220 cm³/mol. The number of hydrogen-bond acceptors (Lipinski definition) is 2. The third-order valence-electron chi connectivity index (χ3n) is 11.6. The molecule has 0 amide bonds. The number of benzene rings is 8. The summed E-state index contributed by atoms with van der Waals surface area (Å²) in [5, 5.41) is 24.8. The maximum absolute atomic E-state index is 5.26. The van der Waals surface area contributed by atoms with Gasteiger partial charge in [-0.2, -0.15) is 0 Å². The maximum Gasteiger partial charge on any atom is 0.168 e. The van der Waals surface area contributed by atoms with Crippen LogP contribution < -0.4 is 0 Å². The van der Waals surface area contributed by atoms with E-state index in [9.17, 15) is 0 Å². The highest BCUT2D eigenvalue weighted by Crippen LogP contribution is 2.48. The third kappa shape index (κ3) is 3.33. The standard InChI is InChI=1S/C48H27N5/c1-2-14-29-28(13-1)25-26-36-43-42(27-37-32-17-7-9-21-38(32)51-41-24-12-8-20-35(41)44(43)46(37)51)53(45(29)36)48-34-19-4-3-18-33(34)47(49-50-48)52-39-22-10-5-15-30(39)31-16-6-11-23-40(31)52/h1-27H. The summed E-state index contributed by atoms with van der Waals surface area (Å²) in [5.41, 5.74) is 8.22. The number of para-hydroxylation sites is 4. The average Bonchev–Trinajstić information content (AvgIpc) is 3.94. The van der Waals surface area contributed by atoms with Crippen LogP contribution in [0.15, 0.2) is 164 Å². The molecule has 5 nitrogen and oxygen atoms in total. The Morgan fingerprint density at radius 3 is 1.45 bits per heavy atom. The van der Waals surface area contributed by atoms with Crippen LogP contribution in [0.25, 0.3) is 115 Å². The lowest BCUT2D eigenvalue weighted by Crippen LogP contribution is -2.06.